The maximum atomic E-state index is 12.3. The van der Waals surface area contributed by atoms with Crippen molar-refractivity contribution in [3.8, 4) is 0 Å². The molecule has 1 saturated carbocycles. The lowest BCUT2D eigenvalue weighted by atomic mass is 10.1. The van der Waals surface area contributed by atoms with Crippen LogP contribution in [-0.2, 0) is 11.3 Å². The predicted molar refractivity (Wildman–Crippen MR) is 123 cm³/mol. The molecular weight excluding hydrogens is 463 g/mol. The summed E-state index contributed by atoms with van der Waals surface area (Å²) in [6.45, 7) is 2.81. The number of benzene rings is 2. The fourth-order valence-corrected chi connectivity index (χ4v) is 4.84. The van der Waals surface area contributed by atoms with E-state index in [1.54, 1.807) is 18.2 Å². The highest BCUT2D eigenvalue weighted by Crippen LogP contribution is 2.54. The van der Waals surface area contributed by atoms with Crippen LogP contribution in [0.3, 0.4) is 0 Å². The topological polar surface area (TPSA) is 59.8 Å². The number of nitrogens with zero attached hydrogens (tertiary/aromatic N) is 3. The third-order valence-corrected chi connectivity index (χ3v) is 6.79. The molecule has 2 atom stereocenters. The molecule has 1 aromatic heterocycles. The maximum Gasteiger partial charge on any atom is 0.234 e. The van der Waals surface area contributed by atoms with Crippen LogP contribution in [-0.4, -0.2) is 26.4 Å². The summed E-state index contributed by atoms with van der Waals surface area (Å²) in [5.41, 5.74) is 1.80. The number of rotatable bonds is 7. The molecule has 0 saturated heterocycles. The minimum absolute atomic E-state index is 0.165. The SMILES string of the molecule is CCn1c(SCC(=O)Nc2ccc(Cl)cc2Cl)nnc1[C@@H]1C[C@@H]1c1ccc(Cl)cc1. The molecule has 1 aliphatic carbocycles. The van der Waals surface area contributed by atoms with E-state index >= 15 is 0 Å². The molecule has 1 fully saturated rings. The first-order chi connectivity index (χ1) is 14.5. The summed E-state index contributed by atoms with van der Waals surface area (Å²) in [4.78, 5) is 12.3. The molecule has 2 aromatic carbocycles. The summed E-state index contributed by atoms with van der Waals surface area (Å²) in [6.07, 6.45) is 1.04. The zero-order chi connectivity index (χ0) is 21.3. The predicted octanol–water partition coefficient (Wildman–Crippen LogP) is 6.26. The number of amides is 1. The summed E-state index contributed by atoms with van der Waals surface area (Å²) >= 11 is 19.4. The molecule has 5 nitrogen and oxygen atoms in total. The van der Waals surface area contributed by atoms with Crippen molar-refractivity contribution in [3.63, 3.8) is 0 Å². The fourth-order valence-electron chi connectivity index (χ4n) is 3.44. The number of anilines is 1. The highest BCUT2D eigenvalue weighted by molar-refractivity contribution is 7.99. The van der Waals surface area contributed by atoms with Crippen molar-refractivity contribution in [1.29, 1.82) is 0 Å². The molecule has 30 heavy (non-hydrogen) atoms. The zero-order valence-corrected chi connectivity index (χ0v) is 19.2. The lowest BCUT2D eigenvalue weighted by Crippen LogP contribution is -2.15. The Hall–Kier alpha value is -1.73. The fraction of sp³-hybridized carbons (Fsp3) is 0.286. The normalized spacial score (nSPS) is 17.7. The Morgan fingerprint density at radius 2 is 1.83 bits per heavy atom. The number of nitrogens with one attached hydrogen (secondary N) is 1. The highest BCUT2D eigenvalue weighted by Gasteiger charge is 2.43. The van der Waals surface area contributed by atoms with E-state index in [-0.39, 0.29) is 11.7 Å². The Morgan fingerprint density at radius 3 is 2.53 bits per heavy atom. The first kappa shape index (κ1) is 21.5. The van der Waals surface area contributed by atoms with E-state index in [1.807, 2.05) is 12.1 Å². The molecule has 1 amide bonds. The van der Waals surface area contributed by atoms with Crippen LogP contribution >= 0.6 is 46.6 Å². The number of hydrogen-bond acceptors (Lipinski definition) is 4. The Bertz CT molecular complexity index is 1070. The van der Waals surface area contributed by atoms with Gasteiger partial charge >= 0.3 is 0 Å². The molecule has 0 radical (unpaired) electrons. The van der Waals surface area contributed by atoms with Gasteiger partial charge in [-0.3, -0.25) is 4.79 Å². The van der Waals surface area contributed by atoms with Gasteiger partial charge in [-0.2, -0.15) is 0 Å². The highest BCUT2D eigenvalue weighted by atomic mass is 35.5. The number of halogens is 3. The van der Waals surface area contributed by atoms with Gasteiger partial charge in [0.15, 0.2) is 5.16 Å². The van der Waals surface area contributed by atoms with Gasteiger partial charge in [0.25, 0.3) is 0 Å². The minimum atomic E-state index is -0.165. The van der Waals surface area contributed by atoms with Crippen molar-refractivity contribution in [2.75, 3.05) is 11.1 Å². The quantitative estimate of drug-likeness (QED) is 0.405. The van der Waals surface area contributed by atoms with Crippen LogP contribution in [0, 0.1) is 0 Å². The monoisotopic (exact) mass is 480 g/mol. The molecule has 0 bridgehead atoms. The van der Waals surface area contributed by atoms with E-state index in [1.165, 1.54) is 17.3 Å². The third kappa shape index (κ3) is 4.78. The van der Waals surface area contributed by atoms with Gasteiger partial charge in [-0.25, -0.2) is 0 Å². The molecule has 156 valence electrons. The van der Waals surface area contributed by atoms with Crippen molar-refractivity contribution < 1.29 is 4.79 Å². The lowest BCUT2D eigenvalue weighted by Gasteiger charge is -2.09. The van der Waals surface area contributed by atoms with Crippen molar-refractivity contribution in [2.45, 2.75) is 36.9 Å². The second-order valence-electron chi connectivity index (χ2n) is 7.05. The molecule has 1 aliphatic rings. The van der Waals surface area contributed by atoms with Crippen LogP contribution in [0.2, 0.25) is 15.1 Å². The number of hydrogen-bond donors (Lipinski definition) is 1. The van der Waals surface area contributed by atoms with E-state index in [9.17, 15) is 4.79 Å². The first-order valence-corrected chi connectivity index (χ1v) is 11.6. The van der Waals surface area contributed by atoms with E-state index in [0.29, 0.717) is 27.6 Å². The van der Waals surface area contributed by atoms with E-state index in [2.05, 4.69) is 39.1 Å². The van der Waals surface area contributed by atoms with Crippen LogP contribution in [0.5, 0.6) is 0 Å². The van der Waals surface area contributed by atoms with Gasteiger partial charge in [-0.1, -0.05) is 58.7 Å². The average Bonchev–Trinajstić information content (AvgIpc) is 3.41. The summed E-state index contributed by atoms with van der Waals surface area (Å²) in [6, 6.07) is 12.9. The molecule has 0 spiro atoms. The Labute approximate surface area is 194 Å². The summed E-state index contributed by atoms with van der Waals surface area (Å²) in [5.74, 6) is 1.80. The van der Waals surface area contributed by atoms with E-state index in [4.69, 9.17) is 34.8 Å². The van der Waals surface area contributed by atoms with Crippen molar-refractivity contribution in [1.82, 2.24) is 14.8 Å². The lowest BCUT2D eigenvalue weighted by molar-refractivity contribution is -0.113. The largest absolute Gasteiger partial charge is 0.324 e. The zero-order valence-electron chi connectivity index (χ0n) is 16.1. The molecule has 0 aliphatic heterocycles. The van der Waals surface area contributed by atoms with Crippen molar-refractivity contribution in [2.24, 2.45) is 0 Å². The number of carbonyl (C=O) groups excluding carboxylic acids is 1. The smallest absolute Gasteiger partial charge is 0.234 e. The molecule has 3 aromatic rings. The molecule has 9 heteroatoms. The Kier molecular flexibility index (Phi) is 6.58. The van der Waals surface area contributed by atoms with Gasteiger partial charge < -0.3 is 9.88 Å². The standard InChI is InChI=1S/C21H19Cl3N4OS/c1-2-28-20(16-10-15(16)12-3-5-13(22)6-4-12)26-27-21(28)30-11-19(29)25-18-8-7-14(23)9-17(18)24/h3-9,15-16H,2,10-11H2,1H3,(H,25,29)/t15-,16-/m1/s1. The molecule has 1 N–H and O–H groups in total. The molecule has 4 rings (SSSR count). The minimum Gasteiger partial charge on any atom is -0.324 e. The van der Waals surface area contributed by atoms with Crippen LogP contribution in [0.1, 0.15) is 36.6 Å². The molecule has 1 heterocycles. The second-order valence-corrected chi connectivity index (χ2v) is 9.27. The van der Waals surface area contributed by atoms with Crippen molar-refractivity contribution in [3.05, 3.63) is 68.9 Å². The Balaban J connectivity index is 1.39. The van der Waals surface area contributed by atoms with Gasteiger partial charge in [0, 0.05) is 22.5 Å². The average molecular weight is 482 g/mol. The van der Waals surface area contributed by atoms with E-state index in [0.717, 1.165) is 29.0 Å². The van der Waals surface area contributed by atoms with Crippen LogP contribution in [0.25, 0.3) is 0 Å². The van der Waals surface area contributed by atoms with Gasteiger partial charge in [0.05, 0.1) is 16.5 Å². The third-order valence-electron chi connectivity index (χ3n) is 5.02. The summed E-state index contributed by atoms with van der Waals surface area (Å²) < 4.78 is 2.09. The summed E-state index contributed by atoms with van der Waals surface area (Å²) in [7, 11) is 0. The number of carbonyl (C=O) groups is 1. The van der Waals surface area contributed by atoms with Gasteiger partial charge in [0.1, 0.15) is 5.82 Å². The first-order valence-electron chi connectivity index (χ1n) is 9.52. The molecular formula is C21H19Cl3N4OS. The van der Waals surface area contributed by atoms with E-state index < -0.39 is 0 Å². The number of aromatic nitrogens is 3. The maximum absolute atomic E-state index is 12.3. The summed E-state index contributed by atoms with van der Waals surface area (Å²) in [5, 5.41) is 14.0. The second kappa shape index (κ2) is 9.18. The van der Waals surface area contributed by atoms with Gasteiger partial charge in [0.2, 0.25) is 5.91 Å². The van der Waals surface area contributed by atoms with Gasteiger partial charge in [-0.05, 0) is 55.2 Å². The van der Waals surface area contributed by atoms with Crippen LogP contribution < -0.4 is 5.32 Å². The van der Waals surface area contributed by atoms with Crippen LogP contribution in [0.4, 0.5) is 5.69 Å². The van der Waals surface area contributed by atoms with Crippen LogP contribution in [0.15, 0.2) is 47.6 Å². The Morgan fingerprint density at radius 1 is 1.10 bits per heavy atom. The molecule has 0 unspecified atom stereocenters. The van der Waals surface area contributed by atoms with Gasteiger partial charge in [-0.15, -0.1) is 10.2 Å². The van der Waals surface area contributed by atoms with Crippen molar-refractivity contribution >= 4 is 58.2 Å². The number of thioether (sulfide) groups is 1.